The lowest BCUT2D eigenvalue weighted by Crippen LogP contribution is -2.34. The molecule has 0 aliphatic carbocycles. The van der Waals surface area contributed by atoms with E-state index in [1.54, 1.807) is 0 Å². The zero-order valence-electron chi connectivity index (χ0n) is 20.0. The highest BCUT2D eigenvalue weighted by Gasteiger charge is 2.23. The first-order valence-corrected chi connectivity index (χ1v) is 12.9. The third-order valence-electron chi connectivity index (χ3n) is 4.99. The number of anilines is 1. The Bertz CT molecular complexity index is 1360. The maximum atomic E-state index is 13.7. The number of benzene rings is 3. The number of hydrogen-bond donors (Lipinski definition) is 1. The van der Waals surface area contributed by atoms with Gasteiger partial charge in [0.2, 0.25) is 5.91 Å². The van der Waals surface area contributed by atoms with Gasteiger partial charge >= 0.3 is 10.1 Å². The lowest BCUT2D eigenvalue weighted by Gasteiger charge is -2.26. The third kappa shape index (κ3) is 7.29. The number of carbonyl (C=O) groups excluding carboxylic acids is 2. The van der Waals surface area contributed by atoms with Crippen LogP contribution in [-0.4, -0.2) is 31.7 Å². The minimum absolute atomic E-state index is 0.00568. The zero-order chi connectivity index (χ0) is 26.5. The summed E-state index contributed by atoms with van der Waals surface area (Å²) in [5, 5.41) is 2.89. The van der Waals surface area contributed by atoms with Gasteiger partial charge in [-0.1, -0.05) is 31.5 Å². The number of nitrogens with one attached hydrogen (secondary N) is 1. The molecule has 10 heteroatoms. The molecule has 0 fully saturated rings. The number of halogens is 2. The topological polar surface area (TPSA) is 92.8 Å². The maximum Gasteiger partial charge on any atom is 0.339 e. The van der Waals surface area contributed by atoms with Crippen LogP contribution in [0.4, 0.5) is 10.1 Å². The van der Waals surface area contributed by atoms with Crippen LogP contribution in [0.25, 0.3) is 0 Å². The Morgan fingerprint density at radius 2 is 1.75 bits per heavy atom. The highest BCUT2D eigenvalue weighted by atomic mass is 35.5. The Hall–Kier alpha value is -3.43. The van der Waals surface area contributed by atoms with Crippen molar-refractivity contribution in [2.45, 2.75) is 32.2 Å². The highest BCUT2D eigenvalue weighted by molar-refractivity contribution is 7.87. The van der Waals surface area contributed by atoms with Gasteiger partial charge in [0, 0.05) is 41.9 Å². The smallest absolute Gasteiger partial charge is 0.339 e. The fraction of sp³-hybridized carbons (Fsp3) is 0.231. The quantitative estimate of drug-likeness (QED) is 0.367. The van der Waals surface area contributed by atoms with Crippen LogP contribution in [0.1, 0.15) is 36.7 Å². The Balaban J connectivity index is 1.91. The van der Waals surface area contributed by atoms with Crippen molar-refractivity contribution in [3.05, 3.63) is 88.7 Å². The van der Waals surface area contributed by atoms with Crippen LogP contribution in [0.3, 0.4) is 0 Å². The highest BCUT2D eigenvalue weighted by Crippen LogP contribution is 2.29. The van der Waals surface area contributed by atoms with Crippen molar-refractivity contribution < 1.29 is 26.6 Å². The second-order valence-electron chi connectivity index (χ2n) is 8.58. The average Bonchev–Trinajstić information content (AvgIpc) is 2.79. The number of rotatable bonds is 9. The standard InChI is InChI=1S/C26H26ClFN2O5S/c1-17(2)15-30(26(32)19-5-4-6-22(28)14-19)16-20-13-21(27)7-12-25(20)35-36(33,34)24-10-8-23(9-11-24)29-18(3)31/h4-14,17H,15-16H2,1-3H3,(H,29,31). The van der Waals surface area contributed by atoms with Gasteiger partial charge < -0.3 is 14.4 Å². The van der Waals surface area contributed by atoms with Crippen molar-refractivity contribution >= 4 is 39.2 Å². The third-order valence-corrected chi connectivity index (χ3v) is 6.47. The lowest BCUT2D eigenvalue weighted by atomic mass is 10.1. The first-order valence-electron chi connectivity index (χ1n) is 11.1. The van der Waals surface area contributed by atoms with E-state index in [1.807, 2.05) is 13.8 Å². The molecule has 3 aromatic carbocycles. The molecule has 0 heterocycles. The second-order valence-corrected chi connectivity index (χ2v) is 10.6. The van der Waals surface area contributed by atoms with Crippen molar-refractivity contribution in [1.82, 2.24) is 4.90 Å². The van der Waals surface area contributed by atoms with Gasteiger partial charge in [-0.05, 0) is 66.6 Å². The molecule has 0 bridgehead atoms. The van der Waals surface area contributed by atoms with Crippen LogP contribution in [0.5, 0.6) is 5.75 Å². The van der Waals surface area contributed by atoms with Crippen molar-refractivity contribution in [2.75, 3.05) is 11.9 Å². The van der Waals surface area contributed by atoms with Crippen LogP contribution < -0.4 is 9.50 Å². The molecular formula is C26H26ClFN2O5S. The average molecular weight is 533 g/mol. The summed E-state index contributed by atoms with van der Waals surface area (Å²) in [6.45, 7) is 5.52. The molecular weight excluding hydrogens is 507 g/mol. The maximum absolute atomic E-state index is 13.7. The van der Waals surface area contributed by atoms with Gasteiger partial charge in [0.1, 0.15) is 16.5 Å². The Morgan fingerprint density at radius 3 is 2.36 bits per heavy atom. The lowest BCUT2D eigenvalue weighted by molar-refractivity contribution is -0.114. The SMILES string of the molecule is CC(=O)Nc1ccc(S(=O)(=O)Oc2ccc(Cl)cc2CN(CC(C)C)C(=O)c2cccc(F)c2)cc1. The molecule has 0 saturated carbocycles. The first kappa shape index (κ1) is 27.2. The van der Waals surface area contributed by atoms with Gasteiger partial charge in [-0.2, -0.15) is 8.42 Å². The van der Waals surface area contributed by atoms with E-state index < -0.39 is 21.8 Å². The van der Waals surface area contributed by atoms with Gasteiger partial charge in [-0.25, -0.2) is 4.39 Å². The van der Waals surface area contributed by atoms with Crippen molar-refractivity contribution in [3.8, 4) is 5.75 Å². The predicted molar refractivity (Wildman–Crippen MR) is 136 cm³/mol. The minimum Gasteiger partial charge on any atom is -0.379 e. The van der Waals surface area contributed by atoms with Crippen molar-refractivity contribution in [2.24, 2.45) is 5.92 Å². The summed E-state index contributed by atoms with van der Waals surface area (Å²) >= 11 is 6.18. The minimum atomic E-state index is -4.24. The van der Waals surface area contributed by atoms with Crippen LogP contribution in [0.2, 0.25) is 5.02 Å². The van der Waals surface area contributed by atoms with Crippen molar-refractivity contribution in [1.29, 1.82) is 0 Å². The molecule has 0 aliphatic rings. The van der Waals surface area contributed by atoms with E-state index in [1.165, 1.54) is 72.5 Å². The normalized spacial score (nSPS) is 11.3. The molecule has 0 aromatic heterocycles. The molecule has 0 aliphatic heterocycles. The molecule has 1 N–H and O–H groups in total. The number of amides is 2. The Labute approximate surface area is 215 Å². The number of nitrogens with zero attached hydrogens (tertiary/aromatic N) is 1. The van der Waals surface area contributed by atoms with E-state index >= 15 is 0 Å². The number of hydrogen-bond acceptors (Lipinski definition) is 5. The molecule has 0 radical (unpaired) electrons. The van der Waals surface area contributed by atoms with Gasteiger partial charge in [0.05, 0.1) is 0 Å². The summed E-state index contributed by atoms with van der Waals surface area (Å²) in [6, 6.07) is 15.3. The summed E-state index contributed by atoms with van der Waals surface area (Å²) in [5.41, 5.74) is 0.979. The van der Waals surface area contributed by atoms with E-state index in [2.05, 4.69) is 5.32 Å². The summed E-state index contributed by atoms with van der Waals surface area (Å²) in [4.78, 5) is 25.8. The molecule has 0 spiro atoms. The molecule has 7 nitrogen and oxygen atoms in total. The molecule has 0 unspecified atom stereocenters. The second kappa shape index (κ2) is 11.5. The number of carbonyl (C=O) groups is 2. The molecule has 2 amide bonds. The summed E-state index contributed by atoms with van der Waals surface area (Å²) in [6.07, 6.45) is 0. The van der Waals surface area contributed by atoms with Crippen LogP contribution >= 0.6 is 11.6 Å². The van der Waals surface area contributed by atoms with Crippen LogP contribution in [0.15, 0.2) is 71.6 Å². The Morgan fingerprint density at radius 1 is 1.06 bits per heavy atom. The molecule has 3 aromatic rings. The molecule has 190 valence electrons. The van der Waals surface area contributed by atoms with Gasteiger partial charge in [0.15, 0.2) is 0 Å². The van der Waals surface area contributed by atoms with Crippen LogP contribution in [-0.2, 0) is 21.5 Å². The molecule has 36 heavy (non-hydrogen) atoms. The summed E-state index contributed by atoms with van der Waals surface area (Å²) in [5.74, 6) is -1.15. The van der Waals surface area contributed by atoms with Gasteiger partial charge in [-0.3, -0.25) is 9.59 Å². The predicted octanol–water partition coefficient (Wildman–Crippen LogP) is 5.50. The zero-order valence-corrected chi connectivity index (χ0v) is 21.6. The molecule has 0 saturated heterocycles. The fourth-order valence-electron chi connectivity index (χ4n) is 3.50. The van der Waals surface area contributed by atoms with Gasteiger partial charge in [-0.15, -0.1) is 0 Å². The Kier molecular flexibility index (Phi) is 8.70. The van der Waals surface area contributed by atoms with Crippen molar-refractivity contribution in [3.63, 3.8) is 0 Å². The van der Waals surface area contributed by atoms with E-state index in [4.69, 9.17) is 15.8 Å². The van der Waals surface area contributed by atoms with Gasteiger partial charge in [0.25, 0.3) is 5.91 Å². The molecule has 0 atom stereocenters. The summed E-state index contributed by atoms with van der Waals surface area (Å²) < 4.78 is 45.1. The van der Waals surface area contributed by atoms with E-state index in [-0.39, 0.29) is 34.6 Å². The summed E-state index contributed by atoms with van der Waals surface area (Å²) in [7, 11) is -4.24. The molecule has 3 rings (SSSR count). The van der Waals surface area contributed by atoms with E-state index in [0.29, 0.717) is 22.8 Å². The largest absolute Gasteiger partial charge is 0.379 e. The fourth-order valence-corrected chi connectivity index (χ4v) is 4.66. The van der Waals surface area contributed by atoms with E-state index in [9.17, 15) is 22.4 Å². The van der Waals surface area contributed by atoms with E-state index in [0.717, 1.165) is 6.07 Å². The monoisotopic (exact) mass is 532 g/mol. The van der Waals surface area contributed by atoms with Crippen LogP contribution in [0, 0.1) is 11.7 Å². The first-order chi connectivity index (χ1) is 16.9.